The maximum Gasteiger partial charge on any atom is 0.226 e. The van der Waals surface area contributed by atoms with Gasteiger partial charge in [-0.15, -0.1) is 0 Å². The molecule has 1 aliphatic rings. The fourth-order valence-corrected chi connectivity index (χ4v) is 3.58. The van der Waals surface area contributed by atoms with Crippen LogP contribution in [0.15, 0.2) is 28.8 Å². The van der Waals surface area contributed by atoms with E-state index in [1.54, 1.807) is 12.1 Å². The summed E-state index contributed by atoms with van der Waals surface area (Å²) >= 11 is 5.88. The molecule has 0 unspecified atom stereocenters. The number of benzene rings is 1. The number of halogens is 1. The second kappa shape index (κ2) is 11.0. The molecular weight excluding hydrogens is 392 g/mol. The summed E-state index contributed by atoms with van der Waals surface area (Å²) in [5.41, 5.74) is 0.831. The van der Waals surface area contributed by atoms with Gasteiger partial charge in [0, 0.05) is 42.4 Å². The SMILES string of the molecule is O=C(CCCc1nc(-c2ccc(Cl)cc2)no1)NCCNC(=O)C1CCCCC1. The van der Waals surface area contributed by atoms with Crippen molar-refractivity contribution in [1.29, 1.82) is 0 Å². The highest BCUT2D eigenvalue weighted by atomic mass is 35.5. The van der Waals surface area contributed by atoms with E-state index < -0.39 is 0 Å². The minimum atomic E-state index is -0.0469. The van der Waals surface area contributed by atoms with Crippen molar-refractivity contribution in [1.82, 2.24) is 20.8 Å². The zero-order chi connectivity index (χ0) is 20.5. The highest BCUT2D eigenvalue weighted by Crippen LogP contribution is 2.23. The second-order valence-corrected chi connectivity index (χ2v) is 7.78. The second-order valence-electron chi connectivity index (χ2n) is 7.35. The normalized spacial score (nSPS) is 14.5. The number of hydrogen-bond acceptors (Lipinski definition) is 5. The molecule has 7 nitrogen and oxygen atoms in total. The molecule has 29 heavy (non-hydrogen) atoms. The minimum Gasteiger partial charge on any atom is -0.354 e. The fourth-order valence-electron chi connectivity index (χ4n) is 3.46. The van der Waals surface area contributed by atoms with Gasteiger partial charge in [-0.3, -0.25) is 9.59 Å². The third-order valence-electron chi connectivity index (χ3n) is 5.09. The monoisotopic (exact) mass is 418 g/mol. The van der Waals surface area contributed by atoms with Crippen LogP contribution >= 0.6 is 11.6 Å². The molecule has 0 radical (unpaired) electrons. The zero-order valence-corrected chi connectivity index (χ0v) is 17.2. The summed E-state index contributed by atoms with van der Waals surface area (Å²) in [5, 5.41) is 10.4. The lowest BCUT2D eigenvalue weighted by atomic mass is 9.89. The van der Waals surface area contributed by atoms with Crippen LogP contribution in [0.4, 0.5) is 0 Å². The van der Waals surface area contributed by atoms with Crippen LogP contribution in [-0.4, -0.2) is 35.0 Å². The summed E-state index contributed by atoms with van der Waals surface area (Å²) in [6.07, 6.45) is 6.98. The van der Waals surface area contributed by atoms with E-state index >= 15 is 0 Å². The van der Waals surface area contributed by atoms with Crippen molar-refractivity contribution < 1.29 is 14.1 Å². The van der Waals surface area contributed by atoms with Crippen molar-refractivity contribution in [2.75, 3.05) is 13.1 Å². The number of amides is 2. The molecule has 0 bridgehead atoms. The van der Waals surface area contributed by atoms with Gasteiger partial charge in [0.2, 0.25) is 23.5 Å². The Balaban J connectivity index is 1.29. The Hall–Kier alpha value is -2.41. The average molecular weight is 419 g/mol. The third-order valence-corrected chi connectivity index (χ3v) is 5.34. The van der Waals surface area contributed by atoms with Crippen LogP contribution in [0.25, 0.3) is 11.4 Å². The summed E-state index contributed by atoms with van der Waals surface area (Å²) < 4.78 is 5.24. The molecule has 156 valence electrons. The Morgan fingerprint density at radius 1 is 1.07 bits per heavy atom. The van der Waals surface area contributed by atoms with Crippen molar-refractivity contribution in [2.24, 2.45) is 5.92 Å². The van der Waals surface area contributed by atoms with Gasteiger partial charge in [0.05, 0.1) is 0 Å². The Bertz CT molecular complexity index is 801. The molecule has 1 fully saturated rings. The summed E-state index contributed by atoms with van der Waals surface area (Å²) in [4.78, 5) is 28.3. The van der Waals surface area contributed by atoms with E-state index in [1.807, 2.05) is 12.1 Å². The van der Waals surface area contributed by atoms with Crippen LogP contribution in [0.5, 0.6) is 0 Å². The van der Waals surface area contributed by atoms with Crippen molar-refractivity contribution in [2.45, 2.75) is 51.4 Å². The molecule has 0 saturated heterocycles. The quantitative estimate of drug-likeness (QED) is 0.607. The minimum absolute atomic E-state index is 0.0469. The van der Waals surface area contributed by atoms with E-state index in [2.05, 4.69) is 20.8 Å². The summed E-state index contributed by atoms with van der Waals surface area (Å²) in [5.74, 6) is 1.23. The number of hydrogen-bond donors (Lipinski definition) is 2. The van der Waals surface area contributed by atoms with Crippen molar-refractivity contribution in [3.05, 3.63) is 35.2 Å². The molecule has 0 aliphatic heterocycles. The van der Waals surface area contributed by atoms with E-state index in [1.165, 1.54) is 6.42 Å². The van der Waals surface area contributed by atoms with Gasteiger partial charge in [-0.2, -0.15) is 4.98 Å². The van der Waals surface area contributed by atoms with Gasteiger partial charge in [-0.1, -0.05) is 36.0 Å². The third kappa shape index (κ3) is 6.85. The first-order valence-electron chi connectivity index (χ1n) is 10.2. The van der Waals surface area contributed by atoms with Gasteiger partial charge >= 0.3 is 0 Å². The average Bonchev–Trinajstić information content (AvgIpc) is 3.21. The Morgan fingerprint density at radius 2 is 1.79 bits per heavy atom. The Labute approximate surface area is 175 Å². The molecule has 1 heterocycles. The van der Waals surface area contributed by atoms with Crippen LogP contribution in [0.1, 0.15) is 50.8 Å². The molecule has 0 spiro atoms. The first-order chi connectivity index (χ1) is 14.1. The molecule has 2 aromatic rings. The van der Waals surface area contributed by atoms with Crippen LogP contribution in [0, 0.1) is 5.92 Å². The van der Waals surface area contributed by atoms with Crippen molar-refractivity contribution in [3.8, 4) is 11.4 Å². The number of nitrogens with zero attached hydrogens (tertiary/aromatic N) is 2. The van der Waals surface area contributed by atoms with E-state index in [9.17, 15) is 9.59 Å². The maximum atomic E-state index is 12.0. The molecule has 2 N–H and O–H groups in total. The van der Waals surface area contributed by atoms with Gasteiger partial charge in [0.1, 0.15) is 0 Å². The molecule has 1 aromatic heterocycles. The van der Waals surface area contributed by atoms with Gasteiger partial charge in [-0.25, -0.2) is 0 Å². The van der Waals surface area contributed by atoms with E-state index in [-0.39, 0.29) is 17.7 Å². The molecule has 1 aliphatic carbocycles. The van der Waals surface area contributed by atoms with Gasteiger partial charge in [0.15, 0.2) is 0 Å². The number of nitrogens with one attached hydrogen (secondary N) is 2. The zero-order valence-electron chi connectivity index (χ0n) is 16.5. The first-order valence-corrected chi connectivity index (χ1v) is 10.6. The topological polar surface area (TPSA) is 97.1 Å². The number of aromatic nitrogens is 2. The maximum absolute atomic E-state index is 12.0. The highest BCUT2D eigenvalue weighted by molar-refractivity contribution is 6.30. The predicted octanol–water partition coefficient (Wildman–Crippen LogP) is 3.53. The van der Waals surface area contributed by atoms with E-state index in [4.69, 9.17) is 16.1 Å². The summed E-state index contributed by atoms with van der Waals surface area (Å²) in [6.45, 7) is 0.910. The summed E-state index contributed by atoms with van der Waals surface area (Å²) in [7, 11) is 0. The van der Waals surface area contributed by atoms with E-state index in [0.717, 1.165) is 31.2 Å². The molecule has 3 rings (SSSR count). The highest BCUT2D eigenvalue weighted by Gasteiger charge is 2.20. The first kappa shape index (κ1) is 21.3. The van der Waals surface area contributed by atoms with Gasteiger partial charge in [0.25, 0.3) is 0 Å². The molecule has 1 saturated carbocycles. The lowest BCUT2D eigenvalue weighted by Crippen LogP contribution is -2.38. The predicted molar refractivity (Wildman–Crippen MR) is 110 cm³/mol. The van der Waals surface area contributed by atoms with Crippen LogP contribution in [-0.2, 0) is 16.0 Å². The Morgan fingerprint density at radius 3 is 2.55 bits per heavy atom. The standard InChI is InChI=1S/C21H27ClN4O3/c22-17-11-9-15(10-12-17)20-25-19(29-26-20)8-4-7-18(27)23-13-14-24-21(28)16-5-2-1-3-6-16/h9-12,16H,1-8,13-14H2,(H,23,27)(H,24,28). The lowest BCUT2D eigenvalue weighted by molar-refractivity contribution is -0.126. The molecular formula is C21H27ClN4O3. The van der Waals surface area contributed by atoms with Crippen LogP contribution in [0.2, 0.25) is 5.02 Å². The van der Waals surface area contributed by atoms with E-state index in [0.29, 0.717) is 49.1 Å². The molecule has 0 atom stereocenters. The van der Waals surface area contributed by atoms with Crippen LogP contribution in [0.3, 0.4) is 0 Å². The van der Waals surface area contributed by atoms with Crippen molar-refractivity contribution in [3.63, 3.8) is 0 Å². The summed E-state index contributed by atoms with van der Waals surface area (Å²) in [6, 6.07) is 7.21. The van der Waals surface area contributed by atoms with Crippen LogP contribution < -0.4 is 10.6 Å². The van der Waals surface area contributed by atoms with Gasteiger partial charge < -0.3 is 15.2 Å². The molecule has 8 heteroatoms. The smallest absolute Gasteiger partial charge is 0.226 e. The number of carbonyl (C=O) groups is 2. The molecule has 1 aromatic carbocycles. The van der Waals surface area contributed by atoms with Gasteiger partial charge in [-0.05, 0) is 43.5 Å². The largest absolute Gasteiger partial charge is 0.354 e. The number of rotatable bonds is 9. The number of aryl methyl sites for hydroxylation is 1. The van der Waals surface area contributed by atoms with Crippen molar-refractivity contribution >= 4 is 23.4 Å². The Kier molecular flexibility index (Phi) is 8.04. The number of carbonyl (C=O) groups excluding carboxylic acids is 2. The fraction of sp³-hybridized carbons (Fsp3) is 0.524. The lowest BCUT2D eigenvalue weighted by Gasteiger charge is -2.20. The molecule has 2 amide bonds.